The van der Waals surface area contributed by atoms with Crippen LogP contribution in [0.3, 0.4) is 0 Å². The van der Waals surface area contributed by atoms with Crippen molar-refractivity contribution in [3.05, 3.63) is 23.9 Å². The Kier molecular flexibility index (Phi) is 5.66. The van der Waals surface area contributed by atoms with Gasteiger partial charge in [0.1, 0.15) is 5.69 Å². The number of carbonyl (C=O) groups excluding carboxylic acids is 3. The summed E-state index contributed by atoms with van der Waals surface area (Å²) in [5.74, 6) is 1.19. The molecule has 2 atom stereocenters. The fourth-order valence-electron chi connectivity index (χ4n) is 5.64. The summed E-state index contributed by atoms with van der Waals surface area (Å²) >= 11 is 0. The molecule has 10 nitrogen and oxygen atoms in total. The molecule has 3 saturated heterocycles. The molecule has 0 spiro atoms. The lowest BCUT2D eigenvalue weighted by Gasteiger charge is -2.41. The van der Waals surface area contributed by atoms with Gasteiger partial charge in [0.05, 0.1) is 27.0 Å². The van der Waals surface area contributed by atoms with Crippen LogP contribution in [0.2, 0.25) is 0 Å². The lowest BCUT2D eigenvalue weighted by Crippen LogP contribution is -2.53. The number of hydrogen-bond donors (Lipinski definition) is 1. The van der Waals surface area contributed by atoms with Gasteiger partial charge in [-0.25, -0.2) is 0 Å². The third kappa shape index (κ3) is 3.57. The van der Waals surface area contributed by atoms with Crippen LogP contribution in [0.4, 0.5) is 0 Å². The molecule has 2 aromatic rings. The Morgan fingerprint density at radius 2 is 1.50 bits per heavy atom. The zero-order valence-corrected chi connectivity index (χ0v) is 19.5. The summed E-state index contributed by atoms with van der Waals surface area (Å²) in [6.07, 6.45) is 3.60. The van der Waals surface area contributed by atoms with E-state index in [9.17, 15) is 14.4 Å². The van der Waals surface area contributed by atoms with Gasteiger partial charge in [-0.05, 0) is 43.9 Å². The molecule has 10 heteroatoms. The summed E-state index contributed by atoms with van der Waals surface area (Å²) in [5.41, 5.74) is 1.70. The first kappa shape index (κ1) is 22.2. The number of hydrogen-bond acceptors (Lipinski definition) is 7. The van der Waals surface area contributed by atoms with Crippen LogP contribution in [0.15, 0.2) is 18.2 Å². The number of H-pyrrole nitrogens is 1. The second-order valence-electron chi connectivity index (χ2n) is 8.96. The van der Waals surface area contributed by atoms with Crippen molar-refractivity contribution in [3.63, 3.8) is 0 Å². The molecule has 0 saturated carbocycles. The average Bonchev–Trinajstić information content (AvgIpc) is 3.54. The van der Waals surface area contributed by atoms with E-state index >= 15 is 0 Å². The lowest BCUT2D eigenvalue weighted by atomic mass is 9.95. The van der Waals surface area contributed by atoms with Gasteiger partial charge in [0.15, 0.2) is 11.5 Å². The van der Waals surface area contributed by atoms with Crippen molar-refractivity contribution in [3.8, 4) is 28.5 Å². The van der Waals surface area contributed by atoms with Gasteiger partial charge >= 0.3 is 0 Å². The Labute approximate surface area is 197 Å². The van der Waals surface area contributed by atoms with E-state index in [0.717, 1.165) is 18.4 Å². The Bertz CT molecular complexity index is 1090. The Balaban J connectivity index is 1.36. The Morgan fingerprint density at radius 1 is 0.912 bits per heavy atom. The van der Waals surface area contributed by atoms with Gasteiger partial charge < -0.3 is 19.1 Å². The lowest BCUT2D eigenvalue weighted by molar-refractivity contribution is -0.142. The molecular weight excluding hydrogens is 440 g/mol. The standard InChI is InChI=1S/C24H28N4O6/c1-32-19-8-13(9-20(33-2)23(19)34-3)17-12-18(26-25-17)24(31)27-14-4-5-15(27)11-16(10-14)28-21(29)6-7-22(28)30/h8-9,12,14-16H,4-7,10-11H2,1-3H3,(H,25,26). The quantitative estimate of drug-likeness (QED) is 0.648. The summed E-state index contributed by atoms with van der Waals surface area (Å²) in [7, 11) is 4.63. The molecule has 3 amide bonds. The number of fused-ring (bicyclic) bond motifs is 2. The molecule has 2 bridgehead atoms. The molecule has 5 rings (SSSR count). The molecule has 3 aliphatic heterocycles. The van der Waals surface area contributed by atoms with Gasteiger partial charge in [0.2, 0.25) is 17.6 Å². The Hall–Kier alpha value is -3.56. The zero-order chi connectivity index (χ0) is 24.0. The Morgan fingerprint density at radius 3 is 2.03 bits per heavy atom. The molecule has 0 aliphatic carbocycles. The number of aromatic amines is 1. The minimum atomic E-state index is -0.115. The van der Waals surface area contributed by atoms with Gasteiger partial charge in [-0.1, -0.05) is 0 Å². The zero-order valence-electron chi connectivity index (χ0n) is 19.5. The molecule has 34 heavy (non-hydrogen) atoms. The average molecular weight is 469 g/mol. The first-order valence-electron chi connectivity index (χ1n) is 11.5. The van der Waals surface area contributed by atoms with Crippen molar-refractivity contribution in [1.82, 2.24) is 20.0 Å². The van der Waals surface area contributed by atoms with Crippen molar-refractivity contribution in [1.29, 1.82) is 0 Å². The highest BCUT2D eigenvalue weighted by molar-refractivity contribution is 6.02. The second kappa shape index (κ2) is 8.66. The smallest absolute Gasteiger partial charge is 0.272 e. The third-order valence-corrected chi connectivity index (χ3v) is 7.17. The number of nitrogens with one attached hydrogen (secondary N) is 1. The molecule has 4 heterocycles. The van der Waals surface area contributed by atoms with Crippen LogP contribution < -0.4 is 14.2 Å². The largest absolute Gasteiger partial charge is 0.493 e. The fraction of sp³-hybridized carbons (Fsp3) is 0.500. The monoisotopic (exact) mass is 468 g/mol. The van der Waals surface area contributed by atoms with E-state index in [1.807, 2.05) is 4.90 Å². The van der Waals surface area contributed by atoms with Crippen LogP contribution in [0.1, 0.15) is 49.0 Å². The van der Waals surface area contributed by atoms with Crippen LogP contribution in [0, 0.1) is 0 Å². The molecule has 3 fully saturated rings. The predicted octanol–water partition coefficient (Wildman–Crippen LogP) is 2.39. The number of carbonyl (C=O) groups is 3. The van der Waals surface area contributed by atoms with Crippen molar-refractivity contribution in [2.75, 3.05) is 21.3 Å². The number of piperidine rings is 1. The molecule has 0 radical (unpaired) electrons. The number of methoxy groups -OCH3 is 3. The summed E-state index contributed by atoms with van der Waals surface area (Å²) in [5, 5.41) is 7.24. The number of imide groups is 1. The highest BCUT2D eigenvalue weighted by Gasteiger charge is 2.48. The van der Waals surface area contributed by atoms with Crippen LogP contribution >= 0.6 is 0 Å². The fourth-order valence-corrected chi connectivity index (χ4v) is 5.64. The first-order chi connectivity index (χ1) is 16.4. The topological polar surface area (TPSA) is 114 Å². The highest BCUT2D eigenvalue weighted by atomic mass is 16.5. The summed E-state index contributed by atoms with van der Waals surface area (Å²) < 4.78 is 16.2. The van der Waals surface area contributed by atoms with Gasteiger partial charge in [0.25, 0.3) is 5.91 Å². The summed E-state index contributed by atoms with van der Waals surface area (Å²) in [4.78, 5) is 41.2. The normalized spacial score (nSPS) is 24.0. The molecule has 3 aliphatic rings. The van der Waals surface area contributed by atoms with Crippen LogP contribution in [-0.2, 0) is 9.59 Å². The SMILES string of the molecule is COc1cc(-c2cc(C(=O)N3C4CCC3CC(N3C(=O)CCC3=O)C4)[nH]n2)cc(OC)c1OC. The summed E-state index contributed by atoms with van der Waals surface area (Å²) in [6, 6.07) is 5.19. The van der Waals surface area contributed by atoms with Gasteiger partial charge in [-0.3, -0.25) is 24.4 Å². The van der Waals surface area contributed by atoms with Crippen LogP contribution in [0.25, 0.3) is 11.3 Å². The van der Waals surface area contributed by atoms with Crippen molar-refractivity contribution in [2.45, 2.75) is 56.7 Å². The maximum absolute atomic E-state index is 13.4. The number of likely N-dealkylation sites (tertiary alicyclic amines) is 1. The molecule has 1 aromatic carbocycles. The van der Waals surface area contributed by atoms with Gasteiger partial charge in [0, 0.05) is 36.5 Å². The first-order valence-corrected chi connectivity index (χ1v) is 11.5. The van der Waals surface area contributed by atoms with Crippen molar-refractivity contribution in [2.24, 2.45) is 0 Å². The number of nitrogens with zero attached hydrogens (tertiary/aromatic N) is 3. The number of rotatable bonds is 6. The molecule has 1 N–H and O–H groups in total. The third-order valence-electron chi connectivity index (χ3n) is 7.17. The van der Waals surface area contributed by atoms with E-state index < -0.39 is 0 Å². The summed E-state index contributed by atoms with van der Waals surface area (Å²) in [6.45, 7) is 0. The molecule has 2 unspecified atom stereocenters. The van der Waals surface area contributed by atoms with Crippen LogP contribution in [-0.4, -0.2) is 77.2 Å². The number of benzene rings is 1. The van der Waals surface area contributed by atoms with Crippen LogP contribution in [0.5, 0.6) is 17.2 Å². The predicted molar refractivity (Wildman–Crippen MR) is 121 cm³/mol. The number of aromatic nitrogens is 2. The minimum absolute atomic E-state index is 0.00498. The van der Waals surface area contributed by atoms with E-state index in [1.165, 1.54) is 4.90 Å². The number of ether oxygens (including phenoxy) is 3. The van der Waals surface area contributed by atoms with E-state index in [4.69, 9.17) is 14.2 Å². The maximum atomic E-state index is 13.4. The van der Waals surface area contributed by atoms with Gasteiger partial charge in [-0.15, -0.1) is 0 Å². The minimum Gasteiger partial charge on any atom is -0.493 e. The maximum Gasteiger partial charge on any atom is 0.272 e. The molecule has 180 valence electrons. The highest BCUT2D eigenvalue weighted by Crippen LogP contribution is 2.42. The van der Waals surface area contributed by atoms with Crippen molar-refractivity contribution >= 4 is 17.7 Å². The van der Waals surface area contributed by atoms with E-state index in [-0.39, 0.29) is 35.8 Å². The molecule has 1 aromatic heterocycles. The second-order valence-corrected chi connectivity index (χ2v) is 8.96. The van der Waals surface area contributed by atoms with E-state index in [2.05, 4.69) is 10.2 Å². The number of amides is 3. The molecular formula is C24H28N4O6. The van der Waals surface area contributed by atoms with E-state index in [0.29, 0.717) is 54.3 Å². The van der Waals surface area contributed by atoms with E-state index in [1.54, 1.807) is 39.5 Å². The van der Waals surface area contributed by atoms with Crippen molar-refractivity contribution < 1.29 is 28.6 Å². The van der Waals surface area contributed by atoms with Gasteiger partial charge in [-0.2, -0.15) is 5.10 Å².